The van der Waals surface area contributed by atoms with Gasteiger partial charge in [0.1, 0.15) is 0 Å². The SMILES string of the molecule is CCCCCCC(O)c1ccc(I)cc1. The topological polar surface area (TPSA) is 20.2 Å². The normalized spacial score (nSPS) is 12.7. The van der Waals surface area contributed by atoms with Gasteiger partial charge in [-0.25, -0.2) is 0 Å². The summed E-state index contributed by atoms with van der Waals surface area (Å²) in [6.45, 7) is 2.20. The summed E-state index contributed by atoms with van der Waals surface area (Å²) in [6.07, 6.45) is 5.50. The van der Waals surface area contributed by atoms with Crippen molar-refractivity contribution in [1.29, 1.82) is 0 Å². The smallest absolute Gasteiger partial charge is 0.0790 e. The van der Waals surface area contributed by atoms with Gasteiger partial charge in [-0.15, -0.1) is 0 Å². The minimum atomic E-state index is -0.279. The molecule has 1 N–H and O–H groups in total. The summed E-state index contributed by atoms with van der Waals surface area (Å²) >= 11 is 2.28. The highest BCUT2D eigenvalue weighted by molar-refractivity contribution is 14.1. The molecule has 1 aromatic rings. The molecule has 84 valence electrons. The first kappa shape index (κ1) is 13.0. The number of rotatable bonds is 6. The molecular weight excluding hydrogens is 299 g/mol. The molecule has 0 spiro atoms. The second-order valence-electron chi connectivity index (χ2n) is 3.92. The number of hydrogen-bond acceptors (Lipinski definition) is 1. The largest absolute Gasteiger partial charge is 0.388 e. The average molecular weight is 318 g/mol. The number of halogens is 1. The Morgan fingerprint density at radius 2 is 1.80 bits per heavy atom. The van der Waals surface area contributed by atoms with Crippen molar-refractivity contribution in [3.8, 4) is 0 Å². The van der Waals surface area contributed by atoms with Gasteiger partial charge in [-0.3, -0.25) is 0 Å². The summed E-state index contributed by atoms with van der Waals surface area (Å²) in [5.41, 5.74) is 1.05. The quantitative estimate of drug-likeness (QED) is 0.613. The summed E-state index contributed by atoms with van der Waals surface area (Å²) in [7, 11) is 0. The molecule has 1 rings (SSSR count). The van der Waals surface area contributed by atoms with E-state index in [-0.39, 0.29) is 6.10 Å². The van der Waals surface area contributed by atoms with Crippen molar-refractivity contribution in [3.05, 3.63) is 33.4 Å². The predicted octanol–water partition coefficient (Wildman–Crippen LogP) is 4.30. The van der Waals surface area contributed by atoms with Crippen LogP contribution < -0.4 is 0 Å². The van der Waals surface area contributed by atoms with Crippen LogP contribution in [0.4, 0.5) is 0 Å². The van der Waals surface area contributed by atoms with Crippen LogP contribution in [0.5, 0.6) is 0 Å². The maximum atomic E-state index is 9.91. The summed E-state index contributed by atoms with van der Waals surface area (Å²) in [5, 5.41) is 9.91. The number of aliphatic hydroxyl groups is 1. The van der Waals surface area contributed by atoms with Crippen LogP contribution in [-0.2, 0) is 0 Å². The van der Waals surface area contributed by atoms with Crippen molar-refractivity contribution in [2.24, 2.45) is 0 Å². The zero-order valence-corrected chi connectivity index (χ0v) is 11.4. The van der Waals surface area contributed by atoms with Crippen LogP contribution in [0.1, 0.15) is 50.7 Å². The lowest BCUT2D eigenvalue weighted by Crippen LogP contribution is -1.97. The second-order valence-corrected chi connectivity index (χ2v) is 5.16. The third kappa shape index (κ3) is 4.98. The summed E-state index contributed by atoms with van der Waals surface area (Å²) in [6, 6.07) is 8.13. The highest BCUT2D eigenvalue weighted by atomic mass is 127. The van der Waals surface area contributed by atoms with E-state index in [1.54, 1.807) is 0 Å². The van der Waals surface area contributed by atoms with Crippen LogP contribution in [0, 0.1) is 3.57 Å². The molecule has 1 aromatic carbocycles. The molecule has 1 unspecified atom stereocenters. The Balaban J connectivity index is 2.33. The molecule has 1 nitrogen and oxygen atoms in total. The Morgan fingerprint density at radius 1 is 1.13 bits per heavy atom. The van der Waals surface area contributed by atoms with E-state index in [1.165, 1.54) is 22.8 Å². The Labute approximate surface area is 106 Å². The standard InChI is InChI=1S/C13H19IO/c1-2-3-4-5-6-13(15)11-7-9-12(14)10-8-11/h7-10,13,15H,2-6H2,1H3. The zero-order valence-electron chi connectivity index (χ0n) is 9.25. The molecule has 0 aromatic heterocycles. The van der Waals surface area contributed by atoms with Gasteiger partial charge >= 0.3 is 0 Å². The number of unbranched alkanes of at least 4 members (excludes halogenated alkanes) is 3. The lowest BCUT2D eigenvalue weighted by molar-refractivity contribution is 0.163. The number of aliphatic hydroxyl groups excluding tert-OH is 1. The molecule has 0 radical (unpaired) electrons. The van der Waals surface area contributed by atoms with Crippen LogP contribution in [0.25, 0.3) is 0 Å². The van der Waals surface area contributed by atoms with Crippen LogP contribution in [-0.4, -0.2) is 5.11 Å². The molecule has 0 fully saturated rings. The van der Waals surface area contributed by atoms with Gasteiger partial charge in [-0.1, -0.05) is 44.7 Å². The molecule has 0 bridgehead atoms. The lowest BCUT2D eigenvalue weighted by atomic mass is 10.0. The highest BCUT2D eigenvalue weighted by Gasteiger charge is 2.06. The fraction of sp³-hybridized carbons (Fsp3) is 0.538. The van der Waals surface area contributed by atoms with Gasteiger partial charge in [0.05, 0.1) is 6.10 Å². The molecule has 0 heterocycles. The van der Waals surface area contributed by atoms with Crippen molar-refractivity contribution < 1.29 is 5.11 Å². The van der Waals surface area contributed by atoms with Crippen molar-refractivity contribution >= 4 is 22.6 Å². The third-order valence-electron chi connectivity index (χ3n) is 2.59. The predicted molar refractivity (Wildman–Crippen MR) is 72.9 cm³/mol. The van der Waals surface area contributed by atoms with E-state index in [9.17, 15) is 5.11 Å². The van der Waals surface area contributed by atoms with Gasteiger partial charge in [0, 0.05) is 3.57 Å². The van der Waals surface area contributed by atoms with E-state index in [2.05, 4.69) is 29.5 Å². The lowest BCUT2D eigenvalue weighted by Gasteiger charge is -2.10. The average Bonchev–Trinajstić information content (AvgIpc) is 2.25. The van der Waals surface area contributed by atoms with E-state index in [0.29, 0.717) is 0 Å². The molecular formula is C13H19IO. The molecule has 0 saturated carbocycles. The van der Waals surface area contributed by atoms with Crippen LogP contribution in [0.2, 0.25) is 0 Å². The van der Waals surface area contributed by atoms with Crippen molar-refractivity contribution in [2.75, 3.05) is 0 Å². The van der Waals surface area contributed by atoms with E-state index in [4.69, 9.17) is 0 Å². The summed E-state index contributed by atoms with van der Waals surface area (Å²) in [5.74, 6) is 0. The van der Waals surface area contributed by atoms with Crippen LogP contribution >= 0.6 is 22.6 Å². The van der Waals surface area contributed by atoms with E-state index < -0.39 is 0 Å². The fourth-order valence-electron chi connectivity index (χ4n) is 1.62. The van der Waals surface area contributed by atoms with Crippen molar-refractivity contribution in [2.45, 2.75) is 45.1 Å². The highest BCUT2D eigenvalue weighted by Crippen LogP contribution is 2.20. The van der Waals surface area contributed by atoms with Gasteiger partial charge in [0.25, 0.3) is 0 Å². The minimum absolute atomic E-state index is 0.279. The van der Waals surface area contributed by atoms with E-state index in [1.807, 2.05) is 24.3 Å². The minimum Gasteiger partial charge on any atom is -0.388 e. The van der Waals surface area contributed by atoms with Crippen molar-refractivity contribution in [1.82, 2.24) is 0 Å². The summed E-state index contributed by atoms with van der Waals surface area (Å²) < 4.78 is 1.22. The Bertz CT molecular complexity index is 268. The molecule has 0 aliphatic carbocycles. The second kappa shape index (κ2) is 7.23. The van der Waals surface area contributed by atoms with E-state index in [0.717, 1.165) is 18.4 Å². The molecule has 1 atom stereocenters. The number of hydrogen-bond donors (Lipinski definition) is 1. The van der Waals surface area contributed by atoms with Crippen LogP contribution in [0.15, 0.2) is 24.3 Å². The Morgan fingerprint density at radius 3 is 2.40 bits per heavy atom. The Hall–Kier alpha value is -0.0900. The van der Waals surface area contributed by atoms with Crippen molar-refractivity contribution in [3.63, 3.8) is 0 Å². The molecule has 0 aliphatic heterocycles. The van der Waals surface area contributed by atoms with Gasteiger partial charge in [0.2, 0.25) is 0 Å². The molecule has 2 heteroatoms. The number of benzene rings is 1. The van der Waals surface area contributed by atoms with Crippen LogP contribution in [0.3, 0.4) is 0 Å². The van der Waals surface area contributed by atoms with Gasteiger partial charge in [-0.05, 0) is 46.7 Å². The first-order valence-electron chi connectivity index (χ1n) is 5.67. The maximum absolute atomic E-state index is 9.91. The fourth-order valence-corrected chi connectivity index (χ4v) is 1.98. The Kier molecular flexibility index (Phi) is 6.25. The van der Waals surface area contributed by atoms with E-state index >= 15 is 0 Å². The van der Waals surface area contributed by atoms with Gasteiger partial charge in [-0.2, -0.15) is 0 Å². The zero-order chi connectivity index (χ0) is 11.1. The first-order chi connectivity index (χ1) is 7.24. The van der Waals surface area contributed by atoms with Gasteiger partial charge < -0.3 is 5.11 Å². The molecule has 0 aliphatic rings. The maximum Gasteiger partial charge on any atom is 0.0790 e. The molecule has 0 amide bonds. The molecule has 15 heavy (non-hydrogen) atoms. The first-order valence-corrected chi connectivity index (χ1v) is 6.75. The third-order valence-corrected chi connectivity index (χ3v) is 3.31. The molecule has 0 saturated heterocycles. The van der Waals surface area contributed by atoms with Gasteiger partial charge in [0.15, 0.2) is 0 Å². The summed E-state index contributed by atoms with van der Waals surface area (Å²) in [4.78, 5) is 0. The monoisotopic (exact) mass is 318 g/mol.